The van der Waals surface area contributed by atoms with E-state index in [1.165, 1.54) is 29.3 Å². The molecule has 3 aliphatic heterocycles. The number of alkyl halides is 3. The summed E-state index contributed by atoms with van der Waals surface area (Å²) in [5, 5.41) is 1.63. The number of rotatable bonds is 7. The van der Waals surface area contributed by atoms with E-state index in [1.54, 1.807) is 18.2 Å². The number of nitrogens with zero attached hydrogens (tertiary/aromatic N) is 3. The van der Waals surface area contributed by atoms with Gasteiger partial charge in [-0.15, -0.1) is 0 Å². The SMILES string of the molecule is NC1CC2CCC(C1)N2C(=O)[C@H]1CN(Cc2ccc(C(F)(F)F)cc2)CCN1S(=O)(=O)c1ccc2cc(OC3CCCC3)ccc2c1. The fourth-order valence-electron chi connectivity index (χ4n) is 8.03. The molecule has 1 aliphatic carbocycles. The molecule has 0 spiro atoms. The summed E-state index contributed by atoms with van der Waals surface area (Å²) in [5.41, 5.74) is 6.22. The van der Waals surface area contributed by atoms with E-state index in [0.717, 1.165) is 54.3 Å². The van der Waals surface area contributed by atoms with Gasteiger partial charge in [-0.1, -0.05) is 24.3 Å². The van der Waals surface area contributed by atoms with Crippen LogP contribution in [0.25, 0.3) is 10.8 Å². The first-order valence-electron chi connectivity index (χ1n) is 16.6. The minimum absolute atomic E-state index is 0.0144. The Morgan fingerprint density at radius 3 is 2.21 bits per heavy atom. The van der Waals surface area contributed by atoms with E-state index in [9.17, 15) is 26.4 Å². The van der Waals surface area contributed by atoms with Gasteiger partial charge in [-0.05, 0) is 104 Å². The second kappa shape index (κ2) is 12.7. The first kappa shape index (κ1) is 32.4. The maximum atomic E-state index is 14.4. The van der Waals surface area contributed by atoms with Crippen molar-refractivity contribution in [3.63, 3.8) is 0 Å². The number of piperidine rings is 1. The van der Waals surface area contributed by atoms with Gasteiger partial charge in [-0.2, -0.15) is 17.5 Å². The Hall–Kier alpha value is -3.19. The smallest absolute Gasteiger partial charge is 0.416 e. The van der Waals surface area contributed by atoms with Crippen molar-refractivity contribution in [3.05, 3.63) is 71.8 Å². The van der Waals surface area contributed by atoms with Crippen LogP contribution in [0.3, 0.4) is 0 Å². The number of carbonyl (C=O) groups is 1. The molecule has 12 heteroatoms. The van der Waals surface area contributed by atoms with Gasteiger partial charge < -0.3 is 15.4 Å². The van der Waals surface area contributed by atoms with Crippen molar-refractivity contribution in [3.8, 4) is 5.75 Å². The third-order valence-electron chi connectivity index (χ3n) is 10.4. The maximum absolute atomic E-state index is 14.4. The van der Waals surface area contributed by atoms with Crippen molar-refractivity contribution < 1.29 is 31.1 Å². The van der Waals surface area contributed by atoms with Gasteiger partial charge in [0.05, 0.1) is 16.6 Å². The first-order valence-corrected chi connectivity index (χ1v) is 18.1. The number of fused-ring (bicyclic) bond motifs is 3. The van der Waals surface area contributed by atoms with Gasteiger partial charge in [0.1, 0.15) is 11.8 Å². The Balaban J connectivity index is 1.15. The van der Waals surface area contributed by atoms with E-state index >= 15 is 0 Å². The number of sulfonamides is 1. The number of hydrogen-bond donors (Lipinski definition) is 1. The van der Waals surface area contributed by atoms with Crippen LogP contribution in [-0.2, 0) is 27.5 Å². The van der Waals surface area contributed by atoms with Crippen molar-refractivity contribution >= 4 is 26.7 Å². The van der Waals surface area contributed by atoms with Gasteiger partial charge in [0.2, 0.25) is 15.9 Å². The lowest BCUT2D eigenvalue weighted by atomic mass is 9.97. The summed E-state index contributed by atoms with van der Waals surface area (Å²) in [6.45, 7) is 0.844. The number of benzene rings is 3. The molecular weight excluding hydrogens is 629 g/mol. The van der Waals surface area contributed by atoms with Crippen molar-refractivity contribution in [1.29, 1.82) is 0 Å². The van der Waals surface area contributed by atoms with Gasteiger partial charge in [0.25, 0.3) is 0 Å². The molecule has 2 bridgehead atoms. The zero-order chi connectivity index (χ0) is 32.9. The Labute approximate surface area is 273 Å². The highest BCUT2D eigenvalue weighted by Gasteiger charge is 2.48. The lowest BCUT2D eigenvalue weighted by Gasteiger charge is -2.45. The Morgan fingerprint density at radius 1 is 0.872 bits per heavy atom. The molecule has 8 nitrogen and oxygen atoms in total. The largest absolute Gasteiger partial charge is 0.490 e. The van der Waals surface area contributed by atoms with E-state index in [0.29, 0.717) is 31.5 Å². The summed E-state index contributed by atoms with van der Waals surface area (Å²) in [5.74, 6) is 0.547. The number of ether oxygens (including phenoxy) is 1. The molecule has 0 radical (unpaired) electrons. The maximum Gasteiger partial charge on any atom is 0.416 e. The van der Waals surface area contributed by atoms with Crippen molar-refractivity contribution in [2.75, 3.05) is 19.6 Å². The molecule has 4 aliphatic rings. The molecular formula is C35H41F3N4O4S. The Morgan fingerprint density at radius 2 is 1.53 bits per heavy atom. The van der Waals surface area contributed by atoms with Crippen LogP contribution in [-0.4, -0.2) is 78.3 Å². The van der Waals surface area contributed by atoms with Crippen LogP contribution >= 0.6 is 0 Å². The highest BCUT2D eigenvalue weighted by Crippen LogP contribution is 2.38. The number of halogens is 3. The monoisotopic (exact) mass is 670 g/mol. The van der Waals surface area contributed by atoms with Gasteiger partial charge in [-0.3, -0.25) is 9.69 Å². The lowest BCUT2D eigenvalue weighted by molar-refractivity contribution is -0.142. The molecule has 3 heterocycles. The molecule has 3 aromatic rings. The standard InChI is InChI=1S/C35H41F3N4O4S/c36-35(37,38)26-9-5-23(6-10-26)21-40-15-16-41(33(22-40)34(43)42-28-11-12-29(42)20-27(39)19-28)47(44,45)32-14-8-24-17-31(13-7-25(24)18-32)46-30-3-1-2-4-30/h5-10,13-14,17-18,27-30,33H,1-4,11-12,15-16,19-22,39H2/t27?,28?,29?,33-/m1/s1. The molecule has 4 fully saturated rings. The van der Waals surface area contributed by atoms with Crippen LogP contribution in [0.2, 0.25) is 0 Å². The van der Waals surface area contributed by atoms with Gasteiger partial charge >= 0.3 is 6.18 Å². The third kappa shape index (κ3) is 6.62. The average molecular weight is 671 g/mol. The fraction of sp³-hybridized carbons (Fsp3) is 0.514. The predicted octanol–water partition coefficient (Wildman–Crippen LogP) is 5.54. The van der Waals surface area contributed by atoms with E-state index in [1.807, 2.05) is 28.0 Å². The molecule has 3 saturated heterocycles. The summed E-state index contributed by atoms with van der Waals surface area (Å²) < 4.78 is 75.6. The summed E-state index contributed by atoms with van der Waals surface area (Å²) >= 11 is 0. The molecule has 2 unspecified atom stereocenters. The van der Waals surface area contributed by atoms with Crippen LogP contribution in [0.4, 0.5) is 13.2 Å². The second-order valence-corrected chi connectivity index (χ2v) is 15.5. The number of amides is 1. The van der Waals surface area contributed by atoms with Gasteiger partial charge in [0, 0.05) is 44.3 Å². The molecule has 3 atom stereocenters. The van der Waals surface area contributed by atoms with E-state index in [2.05, 4.69) is 0 Å². The zero-order valence-corrected chi connectivity index (χ0v) is 27.1. The van der Waals surface area contributed by atoms with E-state index < -0.39 is 27.8 Å². The summed E-state index contributed by atoms with van der Waals surface area (Å²) in [4.78, 5) is 18.3. The molecule has 47 heavy (non-hydrogen) atoms. The van der Waals surface area contributed by atoms with Crippen LogP contribution in [0.15, 0.2) is 65.6 Å². The van der Waals surface area contributed by atoms with Crippen molar-refractivity contribution in [2.45, 2.75) is 99.3 Å². The Bertz CT molecular complexity index is 1710. The zero-order valence-electron chi connectivity index (χ0n) is 26.2. The van der Waals surface area contributed by atoms with Gasteiger partial charge in [0.15, 0.2) is 0 Å². The number of hydrogen-bond acceptors (Lipinski definition) is 6. The molecule has 3 aromatic carbocycles. The number of piperazine rings is 1. The summed E-state index contributed by atoms with van der Waals surface area (Å²) in [7, 11) is -4.08. The average Bonchev–Trinajstić information content (AvgIpc) is 3.65. The van der Waals surface area contributed by atoms with Crippen LogP contribution in [0.5, 0.6) is 5.75 Å². The molecule has 7 rings (SSSR count). The third-order valence-corrected chi connectivity index (χ3v) is 12.3. The molecule has 252 valence electrons. The van der Waals surface area contributed by atoms with Crippen LogP contribution in [0, 0.1) is 0 Å². The first-order chi connectivity index (χ1) is 22.5. The minimum Gasteiger partial charge on any atom is -0.490 e. The van der Waals surface area contributed by atoms with Crippen molar-refractivity contribution in [2.24, 2.45) is 5.73 Å². The molecule has 0 aromatic heterocycles. The van der Waals surface area contributed by atoms with Gasteiger partial charge in [-0.25, -0.2) is 8.42 Å². The van der Waals surface area contributed by atoms with Crippen LogP contribution < -0.4 is 10.5 Å². The lowest BCUT2D eigenvalue weighted by Crippen LogP contribution is -2.63. The predicted molar refractivity (Wildman–Crippen MR) is 172 cm³/mol. The normalized spacial score (nSPS) is 26.3. The fourth-order valence-corrected chi connectivity index (χ4v) is 9.63. The summed E-state index contributed by atoms with van der Waals surface area (Å²) in [6.07, 6.45) is 3.26. The minimum atomic E-state index is -4.43. The molecule has 2 N–H and O–H groups in total. The van der Waals surface area contributed by atoms with E-state index in [-0.39, 0.29) is 48.1 Å². The quantitative estimate of drug-likeness (QED) is 0.355. The highest BCUT2D eigenvalue weighted by molar-refractivity contribution is 7.89. The topological polar surface area (TPSA) is 96.2 Å². The molecule has 1 amide bonds. The second-order valence-electron chi connectivity index (χ2n) is 13.6. The highest BCUT2D eigenvalue weighted by atomic mass is 32.2. The van der Waals surface area contributed by atoms with Crippen LogP contribution in [0.1, 0.15) is 62.5 Å². The Kier molecular flexibility index (Phi) is 8.73. The number of nitrogens with two attached hydrogens (primary N) is 1. The molecule has 1 saturated carbocycles. The summed E-state index contributed by atoms with van der Waals surface area (Å²) in [6, 6.07) is 14.7. The number of carbonyl (C=O) groups excluding carboxylic acids is 1. The van der Waals surface area contributed by atoms with Crippen molar-refractivity contribution in [1.82, 2.24) is 14.1 Å². The van der Waals surface area contributed by atoms with E-state index in [4.69, 9.17) is 10.5 Å².